The van der Waals surface area contributed by atoms with E-state index < -0.39 is 0 Å². The van der Waals surface area contributed by atoms with Crippen molar-refractivity contribution in [2.75, 3.05) is 6.54 Å². The van der Waals surface area contributed by atoms with Gasteiger partial charge in [-0.05, 0) is 56.7 Å². The number of likely N-dealkylation sites (tertiary alicyclic amines) is 1. The Kier molecular flexibility index (Phi) is 3.90. The Bertz CT molecular complexity index is 427. The van der Waals surface area contributed by atoms with Gasteiger partial charge in [0.15, 0.2) is 0 Å². The predicted molar refractivity (Wildman–Crippen MR) is 80.2 cm³/mol. The molecule has 2 N–H and O–H groups in total. The Morgan fingerprint density at radius 1 is 1.16 bits per heavy atom. The molecule has 0 spiro atoms. The maximum absolute atomic E-state index is 6.22. The van der Waals surface area contributed by atoms with Gasteiger partial charge in [0.25, 0.3) is 0 Å². The molecule has 0 amide bonds. The van der Waals surface area contributed by atoms with Gasteiger partial charge in [-0.3, -0.25) is 4.90 Å². The highest BCUT2D eigenvalue weighted by Gasteiger charge is 2.32. The van der Waals surface area contributed by atoms with E-state index in [0.29, 0.717) is 18.1 Å². The number of benzene rings is 1. The molecule has 19 heavy (non-hydrogen) atoms. The van der Waals surface area contributed by atoms with Crippen LogP contribution in [0.3, 0.4) is 0 Å². The van der Waals surface area contributed by atoms with Gasteiger partial charge in [0.2, 0.25) is 0 Å². The molecule has 0 saturated carbocycles. The Labute approximate surface area is 117 Å². The van der Waals surface area contributed by atoms with Crippen LogP contribution in [-0.4, -0.2) is 29.6 Å². The summed E-state index contributed by atoms with van der Waals surface area (Å²) in [6.07, 6.45) is 7.76. The van der Waals surface area contributed by atoms with Crippen molar-refractivity contribution in [3.05, 3.63) is 35.4 Å². The first-order chi connectivity index (χ1) is 9.25. The molecule has 1 aliphatic heterocycles. The molecular formula is C17H26N2. The van der Waals surface area contributed by atoms with E-state index >= 15 is 0 Å². The van der Waals surface area contributed by atoms with Crippen LogP contribution in [0.2, 0.25) is 0 Å². The molecule has 2 nitrogen and oxygen atoms in total. The molecule has 1 aliphatic carbocycles. The molecule has 1 aromatic carbocycles. The maximum Gasteiger partial charge on any atom is 0.0247 e. The van der Waals surface area contributed by atoms with Crippen molar-refractivity contribution in [1.82, 2.24) is 4.90 Å². The molecule has 2 heteroatoms. The first-order valence-corrected chi connectivity index (χ1v) is 7.84. The summed E-state index contributed by atoms with van der Waals surface area (Å²) in [5.41, 5.74) is 9.34. The average Bonchev–Trinajstić information content (AvgIpc) is 2.46. The highest BCUT2D eigenvalue weighted by atomic mass is 15.2. The average molecular weight is 258 g/mol. The number of nitrogens with two attached hydrogens (primary N) is 1. The number of hydrogen-bond acceptors (Lipinski definition) is 2. The SMILES string of the molecule is CC(N)C1CCCCN1C1CCc2ccccc2C1. The second-order valence-electron chi connectivity index (χ2n) is 6.33. The van der Waals surface area contributed by atoms with E-state index in [-0.39, 0.29) is 0 Å². The van der Waals surface area contributed by atoms with Crippen LogP contribution in [-0.2, 0) is 12.8 Å². The third-order valence-electron chi connectivity index (χ3n) is 4.99. The molecule has 1 aromatic rings. The molecule has 104 valence electrons. The highest BCUT2D eigenvalue weighted by molar-refractivity contribution is 5.30. The van der Waals surface area contributed by atoms with Gasteiger partial charge >= 0.3 is 0 Å². The molecule has 0 aromatic heterocycles. The second-order valence-corrected chi connectivity index (χ2v) is 6.33. The topological polar surface area (TPSA) is 29.3 Å². The predicted octanol–water partition coefficient (Wildman–Crippen LogP) is 2.75. The van der Waals surface area contributed by atoms with Gasteiger partial charge in [-0.1, -0.05) is 30.7 Å². The van der Waals surface area contributed by atoms with Crippen LogP contribution in [0, 0.1) is 0 Å². The van der Waals surface area contributed by atoms with E-state index in [0.717, 1.165) is 0 Å². The Morgan fingerprint density at radius 3 is 2.74 bits per heavy atom. The van der Waals surface area contributed by atoms with Crippen molar-refractivity contribution in [1.29, 1.82) is 0 Å². The van der Waals surface area contributed by atoms with Gasteiger partial charge in [0.05, 0.1) is 0 Å². The zero-order valence-electron chi connectivity index (χ0n) is 12.0. The molecule has 0 radical (unpaired) electrons. The lowest BCUT2D eigenvalue weighted by atomic mass is 9.85. The molecule has 1 fully saturated rings. The third-order valence-corrected chi connectivity index (χ3v) is 4.99. The quantitative estimate of drug-likeness (QED) is 0.884. The van der Waals surface area contributed by atoms with E-state index in [1.54, 1.807) is 11.1 Å². The number of nitrogens with zero attached hydrogens (tertiary/aromatic N) is 1. The number of aryl methyl sites for hydroxylation is 1. The van der Waals surface area contributed by atoms with Crippen LogP contribution in [0.25, 0.3) is 0 Å². The minimum atomic E-state index is 0.303. The Morgan fingerprint density at radius 2 is 1.95 bits per heavy atom. The van der Waals surface area contributed by atoms with Gasteiger partial charge < -0.3 is 5.73 Å². The Balaban J connectivity index is 1.76. The van der Waals surface area contributed by atoms with E-state index in [9.17, 15) is 0 Å². The fourth-order valence-electron chi connectivity index (χ4n) is 3.96. The summed E-state index contributed by atoms with van der Waals surface area (Å²) in [5, 5.41) is 0. The van der Waals surface area contributed by atoms with Crippen molar-refractivity contribution in [2.45, 2.75) is 63.6 Å². The lowest BCUT2D eigenvalue weighted by Gasteiger charge is -2.44. The van der Waals surface area contributed by atoms with Gasteiger partial charge in [0, 0.05) is 18.1 Å². The lowest BCUT2D eigenvalue weighted by molar-refractivity contribution is 0.0736. The van der Waals surface area contributed by atoms with Crippen molar-refractivity contribution < 1.29 is 0 Å². The maximum atomic E-state index is 6.22. The summed E-state index contributed by atoms with van der Waals surface area (Å²) in [6.45, 7) is 3.43. The lowest BCUT2D eigenvalue weighted by Crippen LogP contribution is -2.54. The van der Waals surface area contributed by atoms with Crippen molar-refractivity contribution in [3.63, 3.8) is 0 Å². The first kappa shape index (κ1) is 13.1. The number of hydrogen-bond donors (Lipinski definition) is 1. The van der Waals surface area contributed by atoms with E-state index in [1.807, 2.05) is 0 Å². The monoisotopic (exact) mass is 258 g/mol. The first-order valence-electron chi connectivity index (χ1n) is 7.84. The summed E-state index contributed by atoms with van der Waals surface area (Å²) in [4.78, 5) is 2.73. The van der Waals surface area contributed by atoms with Gasteiger partial charge in [0.1, 0.15) is 0 Å². The minimum absolute atomic E-state index is 0.303. The van der Waals surface area contributed by atoms with Crippen LogP contribution in [0.1, 0.15) is 43.7 Å². The molecule has 1 heterocycles. The number of rotatable bonds is 2. The molecule has 3 rings (SSSR count). The third kappa shape index (κ3) is 2.70. The summed E-state index contributed by atoms with van der Waals surface area (Å²) in [6, 6.07) is 10.6. The number of piperidine rings is 1. The fourth-order valence-corrected chi connectivity index (χ4v) is 3.96. The summed E-state index contributed by atoms with van der Waals surface area (Å²) < 4.78 is 0. The highest BCUT2D eigenvalue weighted by Crippen LogP contribution is 2.29. The molecular weight excluding hydrogens is 232 g/mol. The van der Waals surface area contributed by atoms with Crippen molar-refractivity contribution in [2.24, 2.45) is 5.73 Å². The summed E-state index contributed by atoms with van der Waals surface area (Å²) in [5.74, 6) is 0. The fraction of sp³-hybridized carbons (Fsp3) is 0.647. The van der Waals surface area contributed by atoms with E-state index in [2.05, 4.69) is 36.1 Å². The molecule has 3 atom stereocenters. The van der Waals surface area contributed by atoms with Crippen LogP contribution in [0.5, 0.6) is 0 Å². The largest absolute Gasteiger partial charge is 0.327 e. The standard InChI is InChI=1S/C17H26N2/c1-13(18)17-8-4-5-11-19(17)16-10-9-14-6-2-3-7-15(14)12-16/h2-3,6-7,13,16-17H,4-5,8-12,18H2,1H3. The summed E-state index contributed by atoms with van der Waals surface area (Å²) >= 11 is 0. The smallest absolute Gasteiger partial charge is 0.0247 e. The zero-order chi connectivity index (χ0) is 13.2. The molecule has 2 aliphatic rings. The minimum Gasteiger partial charge on any atom is -0.327 e. The second kappa shape index (κ2) is 5.64. The van der Waals surface area contributed by atoms with Gasteiger partial charge in [-0.25, -0.2) is 0 Å². The van der Waals surface area contributed by atoms with Gasteiger partial charge in [-0.2, -0.15) is 0 Å². The molecule has 3 unspecified atom stereocenters. The van der Waals surface area contributed by atoms with Gasteiger partial charge in [-0.15, -0.1) is 0 Å². The zero-order valence-corrected chi connectivity index (χ0v) is 12.0. The molecule has 1 saturated heterocycles. The van der Waals surface area contributed by atoms with Crippen molar-refractivity contribution in [3.8, 4) is 0 Å². The van der Waals surface area contributed by atoms with Crippen LogP contribution in [0.4, 0.5) is 0 Å². The van der Waals surface area contributed by atoms with Crippen LogP contribution >= 0.6 is 0 Å². The normalized spacial score (nSPS) is 29.8. The van der Waals surface area contributed by atoms with Crippen LogP contribution in [0.15, 0.2) is 24.3 Å². The Hall–Kier alpha value is -0.860. The van der Waals surface area contributed by atoms with E-state index in [4.69, 9.17) is 5.73 Å². The van der Waals surface area contributed by atoms with Crippen LogP contribution < -0.4 is 5.73 Å². The molecule has 0 bridgehead atoms. The number of fused-ring (bicyclic) bond motifs is 1. The van der Waals surface area contributed by atoms with E-state index in [1.165, 1.54) is 45.1 Å². The summed E-state index contributed by atoms with van der Waals surface area (Å²) in [7, 11) is 0. The van der Waals surface area contributed by atoms with Crippen molar-refractivity contribution >= 4 is 0 Å².